The van der Waals surface area contributed by atoms with E-state index < -0.39 is 18.1 Å². The maximum absolute atomic E-state index is 10.6. The van der Waals surface area contributed by atoms with Crippen molar-refractivity contribution in [3.63, 3.8) is 0 Å². The molecule has 0 unspecified atom stereocenters. The molecule has 0 spiro atoms. The average molecular weight is 175 g/mol. The highest BCUT2D eigenvalue weighted by molar-refractivity contribution is 5.74. The van der Waals surface area contributed by atoms with Crippen molar-refractivity contribution in [1.29, 1.82) is 0 Å². The number of hydrogen-bond acceptors (Lipinski definition) is 3. The van der Waals surface area contributed by atoms with Gasteiger partial charge in [-0.1, -0.05) is 0 Å². The molecule has 0 heterocycles. The monoisotopic (exact) mass is 175 g/mol. The maximum Gasteiger partial charge on any atom is 0.323 e. The summed E-state index contributed by atoms with van der Waals surface area (Å²) >= 11 is 0. The Bertz CT molecular complexity index is 160. The number of hydrogen-bond donors (Lipinski definition) is 3. The van der Waals surface area contributed by atoms with Gasteiger partial charge in [-0.3, -0.25) is 10.1 Å². The average Bonchev–Trinajstić information content (AvgIpc) is 1.79. The Hall–Kier alpha value is -0.610. The number of aliphatic hydroxyl groups is 1. The number of carbonyl (C=O) groups is 1. The summed E-state index contributed by atoms with van der Waals surface area (Å²) < 4.78 is 0. The van der Waals surface area contributed by atoms with Crippen LogP contribution in [0.3, 0.4) is 0 Å². The van der Waals surface area contributed by atoms with Crippen LogP contribution in [0.2, 0.25) is 0 Å². The molecule has 0 saturated carbocycles. The van der Waals surface area contributed by atoms with Crippen LogP contribution in [0, 0.1) is 0 Å². The van der Waals surface area contributed by atoms with E-state index in [9.17, 15) is 4.79 Å². The Kier molecular flexibility index (Phi) is 3.67. The Labute approximate surface area is 72.6 Å². The summed E-state index contributed by atoms with van der Waals surface area (Å²) in [7, 11) is 0. The molecule has 3 N–H and O–H groups in total. The molecule has 4 heteroatoms. The lowest BCUT2D eigenvalue weighted by Crippen LogP contribution is -2.52. The second-order valence-corrected chi connectivity index (χ2v) is 3.95. The minimum absolute atomic E-state index is 0.306. The first-order chi connectivity index (χ1) is 5.24. The Balaban J connectivity index is 4.25. The molecule has 0 saturated heterocycles. The molecular formula is C8H17NO3. The molecule has 0 aromatic heterocycles. The molecule has 0 aromatic rings. The van der Waals surface area contributed by atoms with Gasteiger partial charge in [-0.2, -0.15) is 0 Å². The van der Waals surface area contributed by atoms with Gasteiger partial charge in [0.2, 0.25) is 0 Å². The zero-order chi connectivity index (χ0) is 9.94. The van der Waals surface area contributed by atoms with Gasteiger partial charge < -0.3 is 10.2 Å². The first-order valence-corrected chi connectivity index (χ1v) is 3.92. The summed E-state index contributed by atoms with van der Waals surface area (Å²) in [4.78, 5) is 10.6. The molecule has 72 valence electrons. The molecule has 0 aliphatic rings. The third-order valence-corrected chi connectivity index (χ3v) is 1.34. The number of nitrogens with one attached hydrogen (secondary N) is 1. The molecule has 2 atom stereocenters. The molecule has 0 aliphatic carbocycles. The van der Waals surface area contributed by atoms with Gasteiger partial charge in [-0.15, -0.1) is 0 Å². The van der Waals surface area contributed by atoms with E-state index >= 15 is 0 Å². The van der Waals surface area contributed by atoms with Crippen LogP contribution in [-0.4, -0.2) is 33.9 Å². The first-order valence-electron chi connectivity index (χ1n) is 3.92. The third kappa shape index (κ3) is 4.31. The topological polar surface area (TPSA) is 69.6 Å². The van der Waals surface area contributed by atoms with Crippen LogP contribution in [0.25, 0.3) is 0 Å². The van der Waals surface area contributed by atoms with Gasteiger partial charge in [0.25, 0.3) is 0 Å². The van der Waals surface area contributed by atoms with E-state index in [2.05, 4.69) is 5.32 Å². The summed E-state index contributed by atoms with van der Waals surface area (Å²) in [6, 6.07) is -0.898. The number of aliphatic hydroxyl groups excluding tert-OH is 1. The molecular weight excluding hydrogens is 158 g/mol. The fourth-order valence-corrected chi connectivity index (χ4v) is 0.855. The number of carboxylic acid groups (broad SMARTS) is 1. The van der Waals surface area contributed by atoms with Gasteiger partial charge in [0.15, 0.2) is 0 Å². The summed E-state index contributed by atoms with van der Waals surface area (Å²) in [5, 5.41) is 20.6. The zero-order valence-corrected chi connectivity index (χ0v) is 7.96. The van der Waals surface area contributed by atoms with Gasteiger partial charge in [-0.25, -0.2) is 0 Å². The maximum atomic E-state index is 10.6. The van der Waals surface area contributed by atoms with Crippen molar-refractivity contribution in [2.45, 2.75) is 45.4 Å². The predicted molar refractivity (Wildman–Crippen MR) is 46.0 cm³/mol. The summed E-state index contributed by atoms with van der Waals surface area (Å²) in [6.45, 7) is 7.01. The van der Waals surface area contributed by atoms with E-state index in [1.54, 1.807) is 0 Å². The molecule has 4 nitrogen and oxygen atoms in total. The summed E-state index contributed by atoms with van der Waals surface area (Å²) in [5.41, 5.74) is -0.306. The van der Waals surface area contributed by atoms with Gasteiger partial charge >= 0.3 is 5.97 Å². The summed E-state index contributed by atoms with van der Waals surface area (Å²) in [6.07, 6.45) is -0.887. The standard InChI is InChI=1S/C8H17NO3/c1-5(10)6(7(11)12)9-8(2,3)4/h5-6,9-10H,1-4H3,(H,11,12)/t5-,6+/m1/s1. The second-order valence-electron chi connectivity index (χ2n) is 3.95. The van der Waals surface area contributed by atoms with Gasteiger partial charge in [-0.05, 0) is 27.7 Å². The highest BCUT2D eigenvalue weighted by atomic mass is 16.4. The number of rotatable bonds is 3. The molecule has 0 fully saturated rings. The van der Waals surface area contributed by atoms with E-state index in [4.69, 9.17) is 10.2 Å². The SMILES string of the molecule is C[C@@H](O)[C@H](NC(C)(C)C)C(=O)O. The van der Waals surface area contributed by atoms with Crippen LogP contribution in [-0.2, 0) is 4.79 Å². The van der Waals surface area contributed by atoms with Crippen LogP contribution in [0.15, 0.2) is 0 Å². The van der Waals surface area contributed by atoms with E-state index in [0.717, 1.165) is 0 Å². The molecule has 0 aliphatic heterocycles. The normalized spacial score (nSPS) is 17.1. The molecule has 12 heavy (non-hydrogen) atoms. The molecule has 0 radical (unpaired) electrons. The van der Waals surface area contributed by atoms with Crippen LogP contribution in [0.4, 0.5) is 0 Å². The van der Waals surface area contributed by atoms with E-state index in [-0.39, 0.29) is 5.54 Å². The molecule has 0 rings (SSSR count). The smallest absolute Gasteiger partial charge is 0.323 e. The van der Waals surface area contributed by atoms with Crippen molar-refractivity contribution in [1.82, 2.24) is 5.32 Å². The lowest BCUT2D eigenvalue weighted by atomic mass is 10.0. The third-order valence-electron chi connectivity index (χ3n) is 1.34. The van der Waals surface area contributed by atoms with Crippen molar-refractivity contribution < 1.29 is 15.0 Å². The van der Waals surface area contributed by atoms with E-state index in [1.807, 2.05) is 20.8 Å². The van der Waals surface area contributed by atoms with Crippen LogP contribution in [0.1, 0.15) is 27.7 Å². The Morgan fingerprint density at radius 1 is 1.42 bits per heavy atom. The van der Waals surface area contributed by atoms with Gasteiger partial charge in [0.05, 0.1) is 6.10 Å². The van der Waals surface area contributed by atoms with Crippen LogP contribution in [0.5, 0.6) is 0 Å². The van der Waals surface area contributed by atoms with Crippen molar-refractivity contribution in [2.24, 2.45) is 0 Å². The molecule has 0 amide bonds. The van der Waals surface area contributed by atoms with Crippen LogP contribution >= 0.6 is 0 Å². The highest BCUT2D eigenvalue weighted by Gasteiger charge is 2.26. The van der Waals surface area contributed by atoms with Gasteiger partial charge in [0, 0.05) is 5.54 Å². The lowest BCUT2D eigenvalue weighted by molar-refractivity contribution is -0.142. The van der Waals surface area contributed by atoms with Gasteiger partial charge in [0.1, 0.15) is 6.04 Å². The fourth-order valence-electron chi connectivity index (χ4n) is 0.855. The predicted octanol–water partition coefficient (Wildman–Crippen LogP) is 0.208. The van der Waals surface area contributed by atoms with Crippen molar-refractivity contribution >= 4 is 5.97 Å². The zero-order valence-electron chi connectivity index (χ0n) is 7.96. The van der Waals surface area contributed by atoms with Crippen molar-refractivity contribution in [3.8, 4) is 0 Å². The number of carboxylic acids is 1. The minimum Gasteiger partial charge on any atom is -0.480 e. The summed E-state index contributed by atoms with van der Waals surface area (Å²) in [5.74, 6) is -1.03. The quantitative estimate of drug-likeness (QED) is 0.573. The van der Waals surface area contributed by atoms with Crippen molar-refractivity contribution in [2.75, 3.05) is 0 Å². The second kappa shape index (κ2) is 3.87. The lowest BCUT2D eigenvalue weighted by Gasteiger charge is -2.27. The van der Waals surface area contributed by atoms with E-state index in [0.29, 0.717) is 0 Å². The minimum atomic E-state index is -1.03. The highest BCUT2D eigenvalue weighted by Crippen LogP contribution is 2.04. The fraction of sp³-hybridized carbons (Fsp3) is 0.875. The Morgan fingerprint density at radius 2 is 1.83 bits per heavy atom. The van der Waals surface area contributed by atoms with Crippen molar-refractivity contribution in [3.05, 3.63) is 0 Å². The largest absolute Gasteiger partial charge is 0.480 e. The molecule has 0 bridgehead atoms. The number of aliphatic carboxylic acids is 1. The molecule has 0 aromatic carbocycles. The Morgan fingerprint density at radius 3 is 1.92 bits per heavy atom. The van der Waals surface area contributed by atoms with Crippen LogP contribution < -0.4 is 5.32 Å². The van der Waals surface area contributed by atoms with E-state index in [1.165, 1.54) is 6.92 Å². The first kappa shape index (κ1) is 11.4.